The lowest BCUT2D eigenvalue weighted by molar-refractivity contribution is -0.144. The number of hydrogen-bond acceptors (Lipinski definition) is 4. The molecule has 0 saturated heterocycles. The van der Waals surface area contributed by atoms with Gasteiger partial charge in [0.15, 0.2) is 0 Å². The van der Waals surface area contributed by atoms with Crippen LogP contribution in [0.1, 0.15) is 24.3 Å². The van der Waals surface area contributed by atoms with Crippen molar-refractivity contribution in [3.8, 4) is 0 Å². The first kappa shape index (κ1) is 12.2. The number of aromatic nitrogens is 2. The fourth-order valence-electron chi connectivity index (χ4n) is 1.13. The molecule has 16 heavy (non-hydrogen) atoms. The van der Waals surface area contributed by atoms with Crippen molar-refractivity contribution in [2.45, 2.75) is 19.9 Å². The molecule has 0 aromatic carbocycles. The molecule has 0 aliphatic heterocycles. The van der Waals surface area contributed by atoms with Gasteiger partial charge in [-0.25, -0.2) is 9.78 Å². The van der Waals surface area contributed by atoms with Crippen LogP contribution in [0.15, 0.2) is 12.5 Å². The molecule has 6 nitrogen and oxygen atoms in total. The van der Waals surface area contributed by atoms with E-state index in [1.807, 2.05) is 0 Å². The predicted octanol–water partition coefficient (Wildman–Crippen LogP) is 0.101. The van der Waals surface area contributed by atoms with Crippen LogP contribution < -0.4 is 5.32 Å². The minimum absolute atomic E-state index is 0.277. The lowest BCUT2D eigenvalue weighted by atomic mass is 10.3. The van der Waals surface area contributed by atoms with E-state index in [-0.39, 0.29) is 11.6 Å². The highest BCUT2D eigenvalue weighted by molar-refractivity contribution is 5.94. The predicted molar refractivity (Wildman–Crippen MR) is 56.8 cm³/mol. The van der Waals surface area contributed by atoms with Gasteiger partial charge in [-0.15, -0.1) is 0 Å². The quantitative estimate of drug-likeness (QED) is 0.738. The van der Waals surface area contributed by atoms with Gasteiger partial charge in [-0.05, 0) is 13.8 Å². The van der Waals surface area contributed by atoms with E-state index in [2.05, 4.69) is 10.3 Å². The van der Waals surface area contributed by atoms with Crippen LogP contribution in [0.5, 0.6) is 0 Å². The van der Waals surface area contributed by atoms with Gasteiger partial charge in [0.05, 0.1) is 12.9 Å². The van der Waals surface area contributed by atoms with Crippen LogP contribution in [0.25, 0.3) is 0 Å². The van der Waals surface area contributed by atoms with Crippen molar-refractivity contribution in [1.82, 2.24) is 14.9 Å². The summed E-state index contributed by atoms with van der Waals surface area (Å²) in [6, 6.07) is -0.672. The Morgan fingerprint density at radius 2 is 2.31 bits per heavy atom. The summed E-state index contributed by atoms with van der Waals surface area (Å²) in [5, 5.41) is 2.50. The maximum absolute atomic E-state index is 11.6. The number of amides is 1. The molecule has 88 valence electrons. The number of ether oxygens (including phenoxy) is 1. The Bertz CT molecular complexity index is 386. The van der Waals surface area contributed by atoms with E-state index < -0.39 is 12.0 Å². The van der Waals surface area contributed by atoms with Crippen LogP contribution >= 0.6 is 0 Å². The molecule has 6 heteroatoms. The molecule has 1 heterocycles. The summed E-state index contributed by atoms with van der Waals surface area (Å²) in [5.41, 5.74) is 0.277. The minimum atomic E-state index is -0.672. The summed E-state index contributed by atoms with van der Waals surface area (Å²) in [6.07, 6.45) is 3.09. The number of imidazole rings is 1. The number of esters is 1. The van der Waals surface area contributed by atoms with E-state index in [1.54, 1.807) is 31.7 Å². The van der Waals surface area contributed by atoms with Crippen LogP contribution in [0.2, 0.25) is 0 Å². The van der Waals surface area contributed by atoms with Gasteiger partial charge in [-0.1, -0.05) is 0 Å². The van der Waals surface area contributed by atoms with Crippen LogP contribution in [0.3, 0.4) is 0 Å². The maximum Gasteiger partial charge on any atom is 0.328 e. The molecule has 1 aromatic heterocycles. The molecule has 0 bridgehead atoms. The monoisotopic (exact) mass is 225 g/mol. The third-order valence-electron chi connectivity index (χ3n) is 1.93. The number of nitrogens with zero attached hydrogens (tertiary/aromatic N) is 2. The molecule has 1 N–H and O–H groups in total. The molecule has 0 spiro atoms. The number of rotatable bonds is 4. The van der Waals surface area contributed by atoms with Gasteiger partial charge >= 0.3 is 5.97 Å². The van der Waals surface area contributed by atoms with Gasteiger partial charge in [-0.2, -0.15) is 0 Å². The summed E-state index contributed by atoms with van der Waals surface area (Å²) in [6.45, 7) is 3.58. The van der Waals surface area contributed by atoms with Gasteiger partial charge in [-0.3, -0.25) is 4.79 Å². The van der Waals surface area contributed by atoms with Crippen molar-refractivity contribution in [1.29, 1.82) is 0 Å². The van der Waals surface area contributed by atoms with E-state index in [1.165, 1.54) is 6.33 Å². The van der Waals surface area contributed by atoms with Gasteiger partial charge in [0.2, 0.25) is 0 Å². The summed E-state index contributed by atoms with van der Waals surface area (Å²) in [4.78, 5) is 26.7. The van der Waals surface area contributed by atoms with E-state index in [0.29, 0.717) is 6.61 Å². The van der Waals surface area contributed by atoms with E-state index in [9.17, 15) is 9.59 Å². The van der Waals surface area contributed by atoms with Crippen molar-refractivity contribution in [3.63, 3.8) is 0 Å². The molecule has 1 amide bonds. The standard InChI is InChI=1S/C10H15N3O3/c1-4-16-10(15)7(2)12-9(14)8-5-13(3)6-11-8/h5-7H,4H2,1-3H3,(H,12,14). The Kier molecular flexibility index (Phi) is 4.04. The average Bonchev–Trinajstić information content (AvgIpc) is 2.65. The molecule has 1 unspecified atom stereocenters. The van der Waals surface area contributed by atoms with Crippen molar-refractivity contribution < 1.29 is 14.3 Å². The van der Waals surface area contributed by atoms with Crippen molar-refractivity contribution >= 4 is 11.9 Å². The Hall–Kier alpha value is -1.85. The van der Waals surface area contributed by atoms with Crippen molar-refractivity contribution in [2.75, 3.05) is 6.61 Å². The fraction of sp³-hybridized carbons (Fsp3) is 0.500. The first-order valence-corrected chi connectivity index (χ1v) is 5.00. The third-order valence-corrected chi connectivity index (χ3v) is 1.93. The Labute approximate surface area is 93.6 Å². The highest BCUT2D eigenvalue weighted by Crippen LogP contribution is 1.96. The molecular weight excluding hydrogens is 210 g/mol. The van der Waals surface area contributed by atoms with Gasteiger partial charge in [0.1, 0.15) is 11.7 Å². The molecule has 0 fully saturated rings. The van der Waals surface area contributed by atoms with Crippen molar-refractivity contribution in [3.05, 3.63) is 18.2 Å². The van der Waals surface area contributed by atoms with Crippen LogP contribution in [0.4, 0.5) is 0 Å². The van der Waals surface area contributed by atoms with Crippen LogP contribution in [0, 0.1) is 0 Å². The van der Waals surface area contributed by atoms with Gasteiger partial charge in [0, 0.05) is 13.2 Å². The molecular formula is C10H15N3O3. The molecule has 0 aliphatic carbocycles. The summed E-state index contributed by atoms with van der Waals surface area (Å²) < 4.78 is 6.42. The third kappa shape index (κ3) is 3.08. The Balaban J connectivity index is 2.54. The second-order valence-electron chi connectivity index (χ2n) is 3.37. The molecule has 1 aromatic rings. The smallest absolute Gasteiger partial charge is 0.328 e. The first-order chi connectivity index (χ1) is 7.54. The topological polar surface area (TPSA) is 73.2 Å². The average molecular weight is 225 g/mol. The van der Waals surface area contributed by atoms with Gasteiger partial charge < -0.3 is 14.6 Å². The van der Waals surface area contributed by atoms with Crippen LogP contribution in [-0.2, 0) is 16.6 Å². The molecule has 0 aliphatic rings. The second kappa shape index (κ2) is 5.29. The zero-order valence-electron chi connectivity index (χ0n) is 9.56. The summed E-state index contributed by atoms with van der Waals surface area (Å²) in [7, 11) is 1.76. The van der Waals surface area contributed by atoms with E-state index >= 15 is 0 Å². The maximum atomic E-state index is 11.6. The zero-order chi connectivity index (χ0) is 12.1. The SMILES string of the molecule is CCOC(=O)C(C)NC(=O)c1cn(C)cn1. The summed E-state index contributed by atoms with van der Waals surface area (Å²) >= 11 is 0. The second-order valence-corrected chi connectivity index (χ2v) is 3.37. The lowest BCUT2D eigenvalue weighted by Crippen LogP contribution is -2.39. The Morgan fingerprint density at radius 3 is 2.81 bits per heavy atom. The normalized spacial score (nSPS) is 11.9. The fourth-order valence-corrected chi connectivity index (χ4v) is 1.13. The minimum Gasteiger partial charge on any atom is -0.464 e. The van der Waals surface area contributed by atoms with Crippen LogP contribution in [-0.4, -0.2) is 34.1 Å². The number of nitrogens with one attached hydrogen (secondary N) is 1. The summed E-state index contributed by atoms with van der Waals surface area (Å²) in [5.74, 6) is -0.840. The molecule has 0 saturated carbocycles. The first-order valence-electron chi connectivity index (χ1n) is 5.00. The largest absolute Gasteiger partial charge is 0.464 e. The molecule has 0 radical (unpaired) electrons. The molecule has 1 rings (SSSR count). The number of hydrogen-bond donors (Lipinski definition) is 1. The van der Waals surface area contributed by atoms with Gasteiger partial charge in [0.25, 0.3) is 5.91 Å². The lowest BCUT2D eigenvalue weighted by Gasteiger charge is -2.11. The van der Waals surface area contributed by atoms with E-state index in [0.717, 1.165) is 0 Å². The molecule has 1 atom stereocenters. The highest BCUT2D eigenvalue weighted by Gasteiger charge is 2.18. The number of carbonyl (C=O) groups is 2. The number of carbonyl (C=O) groups excluding carboxylic acids is 2. The number of aryl methyl sites for hydroxylation is 1. The zero-order valence-corrected chi connectivity index (χ0v) is 9.56. The van der Waals surface area contributed by atoms with Crippen molar-refractivity contribution in [2.24, 2.45) is 7.05 Å². The highest BCUT2D eigenvalue weighted by atomic mass is 16.5. The Morgan fingerprint density at radius 1 is 1.62 bits per heavy atom. The van der Waals surface area contributed by atoms with E-state index in [4.69, 9.17) is 4.74 Å².